The number of anilines is 2. The van der Waals surface area contributed by atoms with Crippen LogP contribution in [0.2, 0.25) is 0 Å². The van der Waals surface area contributed by atoms with Crippen molar-refractivity contribution in [2.24, 2.45) is 0 Å². The lowest BCUT2D eigenvalue weighted by Crippen LogP contribution is -2.23. The summed E-state index contributed by atoms with van der Waals surface area (Å²) in [5.41, 5.74) is 0.771. The number of carbonyl (C=O) groups is 2. The Kier molecular flexibility index (Phi) is 7.60. The summed E-state index contributed by atoms with van der Waals surface area (Å²) in [6.07, 6.45) is 0. The van der Waals surface area contributed by atoms with Gasteiger partial charge in [-0.2, -0.15) is 0 Å². The highest BCUT2D eigenvalue weighted by Gasteiger charge is 2.17. The molecule has 0 aliphatic rings. The van der Waals surface area contributed by atoms with Gasteiger partial charge in [0.05, 0.1) is 15.9 Å². The van der Waals surface area contributed by atoms with E-state index in [0.717, 1.165) is 4.90 Å². The van der Waals surface area contributed by atoms with Crippen LogP contribution in [0, 0.1) is 15.9 Å². The van der Waals surface area contributed by atoms with E-state index < -0.39 is 21.9 Å². The molecule has 0 aliphatic heterocycles. The van der Waals surface area contributed by atoms with Gasteiger partial charge in [0, 0.05) is 32.8 Å². The van der Waals surface area contributed by atoms with Gasteiger partial charge in [-0.3, -0.25) is 19.7 Å². The van der Waals surface area contributed by atoms with E-state index in [4.69, 9.17) is 0 Å². The maximum Gasteiger partial charge on any atom is 0.269 e. The monoisotopic (exact) mass is 517 g/mol. The Morgan fingerprint density at radius 3 is 2.44 bits per heavy atom. The van der Waals surface area contributed by atoms with Crippen molar-refractivity contribution >= 4 is 56.6 Å². The van der Waals surface area contributed by atoms with E-state index in [1.807, 2.05) is 0 Å². The predicted octanol–water partition coefficient (Wildman–Crippen LogP) is 5.87. The van der Waals surface area contributed by atoms with Gasteiger partial charge in [0.25, 0.3) is 11.6 Å². The van der Waals surface area contributed by atoms with Gasteiger partial charge in [-0.15, -0.1) is 11.8 Å². The number of amides is 2. The SMILES string of the molecule is CC(Sc1cccc(NC(=O)c2ccc([N+](=O)[O-])cc2)c1)C(=O)Nc1ccc(Br)cc1F. The normalized spacial score (nSPS) is 11.5. The van der Waals surface area contributed by atoms with Crippen LogP contribution in [0.25, 0.3) is 0 Å². The third-order valence-electron chi connectivity index (χ3n) is 4.30. The Labute approximate surface area is 195 Å². The largest absolute Gasteiger partial charge is 0.323 e. The predicted molar refractivity (Wildman–Crippen MR) is 126 cm³/mol. The van der Waals surface area contributed by atoms with Crippen LogP contribution >= 0.6 is 27.7 Å². The van der Waals surface area contributed by atoms with E-state index in [1.54, 1.807) is 37.3 Å². The van der Waals surface area contributed by atoms with Gasteiger partial charge in [0.2, 0.25) is 5.91 Å². The number of nitrogens with zero attached hydrogens (tertiary/aromatic N) is 1. The van der Waals surface area contributed by atoms with Crippen LogP contribution in [-0.4, -0.2) is 22.0 Å². The van der Waals surface area contributed by atoms with Crippen LogP contribution in [0.5, 0.6) is 0 Å². The topological polar surface area (TPSA) is 101 Å². The van der Waals surface area contributed by atoms with Gasteiger partial charge < -0.3 is 10.6 Å². The summed E-state index contributed by atoms with van der Waals surface area (Å²) in [6, 6.07) is 16.6. The highest BCUT2D eigenvalue weighted by molar-refractivity contribution is 9.10. The van der Waals surface area contributed by atoms with E-state index in [1.165, 1.54) is 48.2 Å². The Hall–Kier alpha value is -3.24. The maximum atomic E-state index is 14.0. The van der Waals surface area contributed by atoms with E-state index in [-0.39, 0.29) is 22.8 Å². The summed E-state index contributed by atoms with van der Waals surface area (Å²) in [4.78, 5) is 35.8. The Morgan fingerprint density at radius 2 is 1.78 bits per heavy atom. The highest BCUT2D eigenvalue weighted by atomic mass is 79.9. The van der Waals surface area contributed by atoms with E-state index in [9.17, 15) is 24.1 Å². The van der Waals surface area contributed by atoms with Crippen LogP contribution in [0.15, 0.2) is 76.1 Å². The van der Waals surface area contributed by atoms with Crippen molar-refractivity contribution in [3.8, 4) is 0 Å². The fraction of sp³-hybridized carbons (Fsp3) is 0.0909. The van der Waals surface area contributed by atoms with E-state index >= 15 is 0 Å². The molecule has 2 N–H and O–H groups in total. The fourth-order valence-electron chi connectivity index (χ4n) is 2.67. The molecule has 3 aromatic rings. The second-order valence-electron chi connectivity index (χ2n) is 6.66. The third kappa shape index (κ3) is 6.14. The Morgan fingerprint density at radius 1 is 1.06 bits per heavy atom. The molecule has 0 spiro atoms. The Bertz CT molecular complexity index is 1170. The second-order valence-corrected chi connectivity index (χ2v) is 8.99. The van der Waals surface area contributed by atoms with Gasteiger partial charge in [0.15, 0.2) is 0 Å². The molecule has 3 rings (SSSR count). The van der Waals surface area contributed by atoms with Crippen LogP contribution in [0.1, 0.15) is 17.3 Å². The van der Waals surface area contributed by atoms with Crippen molar-refractivity contribution in [2.45, 2.75) is 17.1 Å². The number of nitro groups is 1. The smallest absolute Gasteiger partial charge is 0.269 e. The van der Waals surface area contributed by atoms with Gasteiger partial charge in [0.1, 0.15) is 5.82 Å². The second kappa shape index (κ2) is 10.4. The zero-order valence-corrected chi connectivity index (χ0v) is 19.1. The molecule has 164 valence electrons. The molecule has 10 heteroatoms. The first-order chi connectivity index (χ1) is 15.2. The number of non-ortho nitro benzene ring substituents is 1. The molecule has 0 saturated heterocycles. The minimum absolute atomic E-state index is 0.0924. The van der Waals surface area contributed by atoms with Crippen molar-refractivity contribution in [1.29, 1.82) is 0 Å². The molecule has 0 heterocycles. The summed E-state index contributed by atoms with van der Waals surface area (Å²) in [5.74, 6) is -1.32. The average Bonchev–Trinajstić information content (AvgIpc) is 2.76. The van der Waals surface area contributed by atoms with Crippen LogP contribution in [0.4, 0.5) is 21.5 Å². The first-order valence-electron chi connectivity index (χ1n) is 9.31. The first-order valence-corrected chi connectivity index (χ1v) is 11.0. The summed E-state index contributed by atoms with van der Waals surface area (Å²) < 4.78 is 14.5. The summed E-state index contributed by atoms with van der Waals surface area (Å²) in [7, 11) is 0. The molecule has 1 atom stereocenters. The number of nitrogens with one attached hydrogen (secondary N) is 2. The summed E-state index contributed by atoms with van der Waals surface area (Å²) in [6.45, 7) is 1.69. The van der Waals surface area contributed by atoms with Crippen molar-refractivity contribution in [3.63, 3.8) is 0 Å². The minimum atomic E-state index is -0.541. The molecule has 0 aliphatic carbocycles. The summed E-state index contributed by atoms with van der Waals surface area (Å²) >= 11 is 4.42. The number of hydrogen-bond acceptors (Lipinski definition) is 5. The van der Waals surface area contributed by atoms with Crippen molar-refractivity contribution in [2.75, 3.05) is 10.6 Å². The molecule has 0 aromatic heterocycles. The highest BCUT2D eigenvalue weighted by Crippen LogP contribution is 2.28. The molecule has 32 heavy (non-hydrogen) atoms. The quantitative estimate of drug-likeness (QED) is 0.232. The zero-order chi connectivity index (χ0) is 23.3. The van der Waals surface area contributed by atoms with Gasteiger partial charge in [-0.05, 0) is 55.5 Å². The van der Waals surface area contributed by atoms with Gasteiger partial charge in [-0.25, -0.2) is 4.39 Å². The van der Waals surface area contributed by atoms with Crippen LogP contribution < -0.4 is 10.6 Å². The lowest BCUT2D eigenvalue weighted by atomic mass is 10.2. The lowest BCUT2D eigenvalue weighted by molar-refractivity contribution is -0.384. The molecule has 0 bridgehead atoms. The first kappa shape index (κ1) is 23.4. The van der Waals surface area contributed by atoms with Gasteiger partial charge >= 0.3 is 0 Å². The number of rotatable bonds is 7. The van der Waals surface area contributed by atoms with E-state index in [2.05, 4.69) is 26.6 Å². The van der Waals surface area contributed by atoms with Gasteiger partial charge in [-0.1, -0.05) is 22.0 Å². The minimum Gasteiger partial charge on any atom is -0.323 e. The van der Waals surface area contributed by atoms with E-state index in [0.29, 0.717) is 10.2 Å². The molecule has 7 nitrogen and oxygen atoms in total. The molecular formula is C22H17BrFN3O4S. The number of benzene rings is 3. The van der Waals surface area contributed by atoms with Crippen molar-refractivity contribution < 1.29 is 18.9 Å². The fourth-order valence-corrected chi connectivity index (χ4v) is 3.93. The number of carbonyl (C=O) groups excluding carboxylic acids is 2. The van der Waals surface area contributed by atoms with Crippen molar-refractivity contribution in [3.05, 3.63) is 92.7 Å². The average molecular weight is 518 g/mol. The molecule has 0 radical (unpaired) electrons. The Balaban J connectivity index is 1.63. The molecule has 2 amide bonds. The lowest BCUT2D eigenvalue weighted by Gasteiger charge is -2.13. The third-order valence-corrected chi connectivity index (χ3v) is 5.89. The summed E-state index contributed by atoms with van der Waals surface area (Å²) in [5, 5.41) is 15.5. The standard InChI is InChI=1S/C22H17BrFN3O4S/c1-13(21(28)26-20-10-7-15(23)11-19(20)24)32-18-4-2-3-16(12-18)25-22(29)14-5-8-17(9-6-14)27(30)31/h2-13H,1H3,(H,25,29)(H,26,28). The number of thioether (sulfide) groups is 1. The molecule has 0 saturated carbocycles. The zero-order valence-electron chi connectivity index (χ0n) is 16.7. The van der Waals surface area contributed by atoms with Crippen molar-refractivity contribution in [1.82, 2.24) is 0 Å². The molecular weight excluding hydrogens is 501 g/mol. The van der Waals surface area contributed by atoms with Crippen LogP contribution in [0.3, 0.4) is 0 Å². The van der Waals surface area contributed by atoms with Crippen LogP contribution in [-0.2, 0) is 4.79 Å². The molecule has 0 fully saturated rings. The molecule has 1 unspecified atom stereocenters. The number of nitro benzene ring substituents is 1. The molecule has 3 aromatic carbocycles. The maximum absolute atomic E-state index is 14.0. The number of hydrogen-bond donors (Lipinski definition) is 2. The number of halogens is 2.